The van der Waals surface area contributed by atoms with Gasteiger partial charge in [0.1, 0.15) is 0 Å². The molecule has 0 unspecified atom stereocenters. The number of amides is 1. The highest BCUT2D eigenvalue weighted by Crippen LogP contribution is 2.36. The Balaban J connectivity index is 0.00000280. The first-order valence-corrected chi connectivity index (χ1v) is 12.8. The Morgan fingerprint density at radius 2 is 1.51 bits per heavy atom. The normalized spacial score (nSPS) is 13.8. The van der Waals surface area contributed by atoms with Crippen LogP contribution in [-0.4, -0.2) is 35.4 Å². The number of benzene rings is 4. The number of hydrogen-bond donors (Lipinski definition) is 1. The molecule has 1 N–H and O–H groups in total. The van der Waals surface area contributed by atoms with Gasteiger partial charge in [-0.2, -0.15) is 0 Å². The standard InChI is InChI=1S/C32H29N3O.ClH/c36-31(22-35-19-7-2-8-20-35)33-26-16-13-25(14-17-26)30-21-28(23-9-3-1-4-10-23)32-27-12-6-5-11-24(27)15-18-29(32)34-30;/h1,3-6,9-18,21H,2,7-8,19-20,22H2,(H,33,36);1H. The largest absolute Gasteiger partial charge is 0.325 e. The number of nitrogens with zero attached hydrogens (tertiary/aromatic N) is 2. The van der Waals surface area contributed by atoms with E-state index in [9.17, 15) is 4.79 Å². The quantitative estimate of drug-likeness (QED) is 0.249. The fraction of sp³-hybridized carbons (Fsp3) is 0.188. The number of rotatable bonds is 5. The average molecular weight is 508 g/mol. The number of halogens is 1. The summed E-state index contributed by atoms with van der Waals surface area (Å²) in [5.41, 5.74) is 6.08. The van der Waals surface area contributed by atoms with Crippen LogP contribution in [-0.2, 0) is 4.79 Å². The number of carbonyl (C=O) groups excluding carboxylic acids is 1. The number of hydrogen-bond acceptors (Lipinski definition) is 3. The van der Waals surface area contributed by atoms with Crippen molar-refractivity contribution in [2.75, 3.05) is 25.0 Å². The number of aromatic nitrogens is 1. The Kier molecular flexibility index (Phi) is 7.50. The molecule has 1 aromatic heterocycles. The van der Waals surface area contributed by atoms with Gasteiger partial charge in [-0.3, -0.25) is 9.69 Å². The molecule has 4 nitrogen and oxygen atoms in total. The summed E-state index contributed by atoms with van der Waals surface area (Å²) in [7, 11) is 0. The summed E-state index contributed by atoms with van der Waals surface area (Å²) < 4.78 is 0. The second kappa shape index (κ2) is 11.1. The van der Waals surface area contributed by atoms with Crippen molar-refractivity contribution in [2.24, 2.45) is 0 Å². The van der Waals surface area contributed by atoms with E-state index in [0.717, 1.165) is 35.6 Å². The fourth-order valence-corrected chi connectivity index (χ4v) is 5.25. The second-order valence-electron chi connectivity index (χ2n) is 9.56. The average Bonchev–Trinajstić information content (AvgIpc) is 2.93. The molecule has 1 aliphatic rings. The number of piperidine rings is 1. The van der Waals surface area contributed by atoms with Gasteiger partial charge in [-0.25, -0.2) is 4.98 Å². The maximum atomic E-state index is 12.5. The zero-order valence-electron chi connectivity index (χ0n) is 20.7. The number of carbonyl (C=O) groups is 1. The summed E-state index contributed by atoms with van der Waals surface area (Å²) in [6.45, 7) is 2.49. The van der Waals surface area contributed by atoms with Gasteiger partial charge in [0.05, 0.1) is 17.8 Å². The van der Waals surface area contributed by atoms with Crippen molar-refractivity contribution < 1.29 is 4.79 Å². The van der Waals surface area contributed by atoms with E-state index in [1.165, 1.54) is 46.5 Å². The SMILES string of the molecule is Cl.O=C(CN1CCCCC1)Nc1ccc(-c2cc(-c3ccccc3)c3c(ccc4ccccc43)n2)cc1. The molecule has 4 aromatic carbocycles. The molecule has 1 saturated heterocycles. The Morgan fingerprint density at radius 1 is 0.784 bits per heavy atom. The van der Waals surface area contributed by atoms with Crippen molar-refractivity contribution in [1.29, 1.82) is 0 Å². The minimum atomic E-state index is 0. The molecule has 0 spiro atoms. The maximum Gasteiger partial charge on any atom is 0.238 e. The first kappa shape index (κ1) is 24.9. The highest BCUT2D eigenvalue weighted by atomic mass is 35.5. The van der Waals surface area contributed by atoms with E-state index < -0.39 is 0 Å². The van der Waals surface area contributed by atoms with Crippen molar-refractivity contribution >= 4 is 45.7 Å². The smallest absolute Gasteiger partial charge is 0.238 e. The Morgan fingerprint density at radius 3 is 2.30 bits per heavy atom. The van der Waals surface area contributed by atoms with Crippen LogP contribution in [0.3, 0.4) is 0 Å². The molecular weight excluding hydrogens is 478 g/mol. The lowest BCUT2D eigenvalue weighted by atomic mass is 9.94. The number of fused-ring (bicyclic) bond motifs is 3. The third kappa shape index (κ3) is 5.36. The Hall–Kier alpha value is -3.73. The van der Waals surface area contributed by atoms with Crippen molar-refractivity contribution in [3.8, 4) is 22.4 Å². The lowest BCUT2D eigenvalue weighted by Gasteiger charge is -2.25. The van der Waals surface area contributed by atoms with E-state index in [1.54, 1.807) is 0 Å². The highest BCUT2D eigenvalue weighted by molar-refractivity contribution is 6.13. The molecule has 0 bridgehead atoms. The van der Waals surface area contributed by atoms with Crippen LogP contribution in [0.5, 0.6) is 0 Å². The predicted octanol–water partition coefficient (Wildman–Crippen LogP) is 7.57. The molecule has 1 amide bonds. The minimum Gasteiger partial charge on any atom is -0.325 e. The summed E-state index contributed by atoms with van der Waals surface area (Å²) in [6, 6.07) is 33.5. The zero-order valence-corrected chi connectivity index (χ0v) is 21.5. The zero-order chi connectivity index (χ0) is 24.3. The molecule has 0 atom stereocenters. The predicted molar refractivity (Wildman–Crippen MR) is 156 cm³/mol. The first-order valence-electron chi connectivity index (χ1n) is 12.8. The van der Waals surface area contributed by atoms with Gasteiger partial charge >= 0.3 is 0 Å². The molecule has 1 fully saturated rings. The summed E-state index contributed by atoms with van der Waals surface area (Å²) in [4.78, 5) is 19.8. The van der Waals surface area contributed by atoms with Crippen molar-refractivity contribution in [3.63, 3.8) is 0 Å². The molecule has 37 heavy (non-hydrogen) atoms. The van der Waals surface area contributed by atoms with E-state index >= 15 is 0 Å². The van der Waals surface area contributed by atoms with Gasteiger partial charge in [-0.15, -0.1) is 12.4 Å². The van der Waals surface area contributed by atoms with Gasteiger partial charge in [-0.1, -0.05) is 79.2 Å². The molecule has 0 saturated carbocycles. The van der Waals surface area contributed by atoms with Gasteiger partial charge in [0.25, 0.3) is 0 Å². The lowest BCUT2D eigenvalue weighted by molar-refractivity contribution is -0.117. The summed E-state index contributed by atoms with van der Waals surface area (Å²) in [5, 5.41) is 6.64. The van der Waals surface area contributed by atoms with E-state index in [-0.39, 0.29) is 18.3 Å². The number of anilines is 1. The second-order valence-corrected chi connectivity index (χ2v) is 9.56. The number of pyridine rings is 1. The van der Waals surface area contributed by atoms with E-state index in [2.05, 4.69) is 76.9 Å². The van der Waals surface area contributed by atoms with Crippen LogP contribution in [0, 0.1) is 0 Å². The van der Waals surface area contributed by atoms with Gasteiger partial charge in [0.2, 0.25) is 5.91 Å². The molecule has 5 heteroatoms. The topological polar surface area (TPSA) is 45.2 Å². The summed E-state index contributed by atoms with van der Waals surface area (Å²) in [5.74, 6) is 0.0479. The monoisotopic (exact) mass is 507 g/mol. The fourth-order valence-electron chi connectivity index (χ4n) is 5.25. The van der Waals surface area contributed by atoms with Crippen LogP contribution >= 0.6 is 12.4 Å². The molecular formula is C32H30ClN3O. The molecule has 0 radical (unpaired) electrons. The van der Waals surface area contributed by atoms with Crippen LogP contribution in [0.15, 0.2) is 97.1 Å². The van der Waals surface area contributed by atoms with Crippen molar-refractivity contribution in [3.05, 3.63) is 97.1 Å². The molecule has 0 aliphatic carbocycles. The molecule has 1 aliphatic heterocycles. The summed E-state index contributed by atoms with van der Waals surface area (Å²) in [6.07, 6.45) is 3.63. The van der Waals surface area contributed by atoms with Crippen LogP contribution in [0.2, 0.25) is 0 Å². The maximum absolute atomic E-state index is 12.5. The van der Waals surface area contributed by atoms with Gasteiger partial charge in [0.15, 0.2) is 0 Å². The minimum absolute atomic E-state index is 0. The lowest BCUT2D eigenvalue weighted by Crippen LogP contribution is -2.36. The van der Waals surface area contributed by atoms with Crippen LogP contribution < -0.4 is 5.32 Å². The van der Waals surface area contributed by atoms with Crippen LogP contribution in [0.25, 0.3) is 44.1 Å². The highest BCUT2D eigenvalue weighted by Gasteiger charge is 2.15. The Bertz CT molecular complexity index is 1530. The van der Waals surface area contributed by atoms with Crippen molar-refractivity contribution in [2.45, 2.75) is 19.3 Å². The van der Waals surface area contributed by atoms with Crippen LogP contribution in [0.4, 0.5) is 5.69 Å². The van der Waals surface area contributed by atoms with Gasteiger partial charge < -0.3 is 5.32 Å². The van der Waals surface area contributed by atoms with Crippen molar-refractivity contribution in [1.82, 2.24) is 9.88 Å². The summed E-state index contributed by atoms with van der Waals surface area (Å²) >= 11 is 0. The van der Waals surface area contributed by atoms with Crippen LogP contribution in [0.1, 0.15) is 19.3 Å². The van der Waals surface area contributed by atoms with E-state index in [0.29, 0.717) is 6.54 Å². The molecule has 5 aromatic rings. The first-order chi connectivity index (χ1) is 17.7. The van der Waals surface area contributed by atoms with Gasteiger partial charge in [0, 0.05) is 16.6 Å². The van der Waals surface area contributed by atoms with E-state index in [4.69, 9.17) is 4.98 Å². The van der Waals surface area contributed by atoms with E-state index in [1.807, 2.05) is 30.3 Å². The molecule has 186 valence electrons. The Labute approximate surface area is 223 Å². The third-order valence-electron chi connectivity index (χ3n) is 7.06. The number of nitrogens with one attached hydrogen (secondary N) is 1. The molecule has 6 rings (SSSR count). The number of likely N-dealkylation sites (tertiary alicyclic amines) is 1. The van der Waals surface area contributed by atoms with Gasteiger partial charge in [-0.05, 0) is 72.1 Å². The third-order valence-corrected chi connectivity index (χ3v) is 7.06. The molecule has 2 heterocycles.